The zero-order valence-corrected chi connectivity index (χ0v) is 21.3. The molecule has 9 nitrogen and oxygen atoms in total. The van der Waals surface area contributed by atoms with Crippen LogP contribution in [0.3, 0.4) is 0 Å². The van der Waals surface area contributed by atoms with E-state index in [9.17, 15) is 35.9 Å². The Balaban J connectivity index is 1.63. The molecular weight excluding hydrogens is 562 g/mol. The SMILES string of the molecule is COc1ccc(Cn2nc(C(F)(F)F)cc2C(=O)OC(=O)c2cc(C(F)(F)F)nn2Cc2ccc(OC)cc2)cc1. The molecule has 0 amide bonds. The smallest absolute Gasteiger partial charge is 0.435 e. The second-order valence-corrected chi connectivity index (χ2v) is 8.51. The summed E-state index contributed by atoms with van der Waals surface area (Å²) >= 11 is 0. The van der Waals surface area contributed by atoms with Crippen LogP contribution in [0.1, 0.15) is 43.5 Å². The predicted molar refractivity (Wildman–Crippen MR) is 128 cm³/mol. The molecule has 2 heterocycles. The molecule has 0 saturated carbocycles. The van der Waals surface area contributed by atoms with Gasteiger partial charge in [0.15, 0.2) is 11.4 Å². The van der Waals surface area contributed by atoms with Gasteiger partial charge in [-0.3, -0.25) is 9.36 Å². The predicted octanol–water partition coefficient (Wildman–Crippen LogP) is 5.23. The van der Waals surface area contributed by atoms with Crippen molar-refractivity contribution in [2.45, 2.75) is 25.4 Å². The number of ether oxygens (including phenoxy) is 3. The fraction of sp³-hybridized carbons (Fsp3) is 0.231. The van der Waals surface area contributed by atoms with E-state index in [0.29, 0.717) is 44.1 Å². The van der Waals surface area contributed by atoms with E-state index in [4.69, 9.17) is 14.2 Å². The summed E-state index contributed by atoms with van der Waals surface area (Å²) in [6.45, 7) is -0.654. The van der Waals surface area contributed by atoms with Crippen molar-refractivity contribution in [1.82, 2.24) is 19.6 Å². The summed E-state index contributed by atoms with van der Waals surface area (Å²) in [6, 6.07) is 13.0. The van der Waals surface area contributed by atoms with Crippen molar-refractivity contribution >= 4 is 11.9 Å². The van der Waals surface area contributed by atoms with Crippen molar-refractivity contribution in [3.8, 4) is 11.5 Å². The van der Waals surface area contributed by atoms with Crippen LogP contribution < -0.4 is 9.47 Å². The van der Waals surface area contributed by atoms with Gasteiger partial charge in [0.2, 0.25) is 0 Å². The molecule has 0 N–H and O–H groups in total. The van der Waals surface area contributed by atoms with E-state index in [1.165, 1.54) is 62.8 Å². The van der Waals surface area contributed by atoms with Crippen molar-refractivity contribution in [3.05, 3.63) is 94.6 Å². The van der Waals surface area contributed by atoms with Crippen molar-refractivity contribution < 1.29 is 50.1 Å². The highest BCUT2D eigenvalue weighted by molar-refractivity contribution is 6.01. The molecule has 4 rings (SSSR count). The van der Waals surface area contributed by atoms with E-state index in [2.05, 4.69) is 10.2 Å². The Morgan fingerprint density at radius 1 is 0.659 bits per heavy atom. The first-order valence-corrected chi connectivity index (χ1v) is 11.6. The molecule has 0 aliphatic heterocycles. The van der Waals surface area contributed by atoms with Gasteiger partial charge in [-0.05, 0) is 35.4 Å². The Labute approximate surface area is 227 Å². The van der Waals surface area contributed by atoms with Crippen LogP contribution in [-0.2, 0) is 30.2 Å². The lowest BCUT2D eigenvalue weighted by atomic mass is 10.2. The maximum absolute atomic E-state index is 13.4. The summed E-state index contributed by atoms with van der Waals surface area (Å²) in [4.78, 5) is 25.7. The summed E-state index contributed by atoms with van der Waals surface area (Å²) in [5.41, 5.74) is -3.52. The standard InChI is InChI=1S/C26H20F6N4O5/c1-39-17-7-3-15(4-8-17)13-35-19(11-21(33-35)25(27,28)29)23(37)41-24(38)20-12-22(26(30,31)32)34-36(20)14-16-5-9-18(40-2)10-6-16/h3-12H,13-14H2,1-2H3. The lowest BCUT2D eigenvalue weighted by Gasteiger charge is -2.09. The highest BCUT2D eigenvalue weighted by atomic mass is 19.4. The van der Waals surface area contributed by atoms with Gasteiger partial charge in [0.1, 0.15) is 22.9 Å². The zero-order chi connectivity index (χ0) is 29.9. The number of nitrogens with zero attached hydrogens (tertiary/aromatic N) is 4. The summed E-state index contributed by atoms with van der Waals surface area (Å²) in [5.74, 6) is -2.17. The molecule has 0 saturated heterocycles. The topological polar surface area (TPSA) is 97.5 Å². The summed E-state index contributed by atoms with van der Waals surface area (Å²) < 4.78 is 96.5. The molecule has 0 aliphatic rings. The van der Waals surface area contributed by atoms with Gasteiger partial charge in [-0.1, -0.05) is 24.3 Å². The summed E-state index contributed by atoms with van der Waals surface area (Å²) in [6.07, 6.45) is -9.88. The van der Waals surface area contributed by atoms with Crippen LogP contribution in [0.2, 0.25) is 0 Å². The maximum atomic E-state index is 13.4. The van der Waals surface area contributed by atoms with Gasteiger partial charge in [0.05, 0.1) is 27.3 Å². The van der Waals surface area contributed by atoms with Crippen LogP contribution >= 0.6 is 0 Å². The molecule has 4 aromatic rings. The maximum Gasteiger partial charge on any atom is 0.435 e. The van der Waals surface area contributed by atoms with Crippen LogP contribution in [0.25, 0.3) is 0 Å². The number of rotatable bonds is 8. The first kappa shape index (κ1) is 29.2. The van der Waals surface area contributed by atoms with E-state index in [0.717, 1.165) is 0 Å². The Bertz CT molecular complexity index is 1420. The molecule has 2 aromatic heterocycles. The van der Waals surface area contributed by atoms with Gasteiger partial charge in [-0.25, -0.2) is 9.59 Å². The third-order valence-corrected chi connectivity index (χ3v) is 5.73. The van der Waals surface area contributed by atoms with Gasteiger partial charge >= 0.3 is 24.3 Å². The van der Waals surface area contributed by atoms with E-state index in [-0.39, 0.29) is 13.1 Å². The Hall–Kier alpha value is -4.82. The number of alkyl halides is 6. The number of esters is 2. The average Bonchev–Trinajstić information content (AvgIpc) is 3.54. The number of carbonyl (C=O) groups excluding carboxylic acids is 2. The number of benzene rings is 2. The quantitative estimate of drug-likeness (QED) is 0.160. The molecule has 0 fully saturated rings. The Kier molecular flexibility index (Phi) is 8.07. The number of hydrogen-bond acceptors (Lipinski definition) is 7. The van der Waals surface area contributed by atoms with Gasteiger partial charge in [0, 0.05) is 12.1 Å². The van der Waals surface area contributed by atoms with Crippen molar-refractivity contribution in [1.29, 1.82) is 0 Å². The first-order valence-electron chi connectivity index (χ1n) is 11.6. The first-order chi connectivity index (χ1) is 19.3. The van der Waals surface area contributed by atoms with Gasteiger partial charge in [-0.2, -0.15) is 36.5 Å². The summed E-state index contributed by atoms with van der Waals surface area (Å²) in [7, 11) is 2.84. The molecule has 0 radical (unpaired) electrons. The van der Waals surface area contributed by atoms with Gasteiger partial charge in [-0.15, -0.1) is 0 Å². The molecule has 2 aromatic carbocycles. The number of carbonyl (C=O) groups is 2. The fourth-order valence-electron chi connectivity index (χ4n) is 3.68. The normalized spacial score (nSPS) is 11.8. The number of hydrogen-bond donors (Lipinski definition) is 0. The van der Waals surface area contributed by atoms with Crippen molar-refractivity contribution in [2.75, 3.05) is 14.2 Å². The number of halogens is 6. The van der Waals surface area contributed by atoms with Crippen LogP contribution in [0.15, 0.2) is 60.7 Å². The van der Waals surface area contributed by atoms with Gasteiger partial charge in [0.25, 0.3) is 0 Å². The monoisotopic (exact) mass is 582 g/mol. The second-order valence-electron chi connectivity index (χ2n) is 8.51. The zero-order valence-electron chi connectivity index (χ0n) is 21.3. The molecule has 0 unspecified atom stereocenters. The van der Waals surface area contributed by atoms with Crippen molar-refractivity contribution in [3.63, 3.8) is 0 Å². The molecule has 41 heavy (non-hydrogen) atoms. The van der Waals surface area contributed by atoms with Crippen LogP contribution in [-0.4, -0.2) is 45.7 Å². The highest BCUT2D eigenvalue weighted by Crippen LogP contribution is 2.31. The van der Waals surface area contributed by atoms with Crippen molar-refractivity contribution in [2.24, 2.45) is 0 Å². The average molecular weight is 582 g/mol. The fourth-order valence-corrected chi connectivity index (χ4v) is 3.68. The molecule has 216 valence electrons. The minimum atomic E-state index is -4.94. The number of methoxy groups -OCH3 is 2. The minimum absolute atomic E-state index is 0.327. The Morgan fingerprint density at radius 2 is 1.00 bits per heavy atom. The van der Waals surface area contributed by atoms with Crippen LogP contribution in [0.4, 0.5) is 26.3 Å². The minimum Gasteiger partial charge on any atom is -0.497 e. The van der Waals surface area contributed by atoms with Crippen LogP contribution in [0.5, 0.6) is 11.5 Å². The number of aromatic nitrogens is 4. The van der Waals surface area contributed by atoms with E-state index in [1.807, 2.05) is 0 Å². The molecule has 0 spiro atoms. The molecular formula is C26H20F6N4O5. The lowest BCUT2D eigenvalue weighted by molar-refractivity contribution is -0.142. The second kappa shape index (κ2) is 11.3. The van der Waals surface area contributed by atoms with E-state index < -0.39 is 47.1 Å². The molecule has 15 heteroatoms. The third kappa shape index (κ3) is 6.85. The van der Waals surface area contributed by atoms with E-state index >= 15 is 0 Å². The summed E-state index contributed by atoms with van der Waals surface area (Å²) in [5, 5.41) is 6.83. The largest absolute Gasteiger partial charge is 0.497 e. The third-order valence-electron chi connectivity index (χ3n) is 5.73. The van der Waals surface area contributed by atoms with Crippen LogP contribution in [0, 0.1) is 0 Å². The Morgan fingerprint density at radius 3 is 1.29 bits per heavy atom. The van der Waals surface area contributed by atoms with E-state index in [1.54, 1.807) is 0 Å². The lowest BCUT2D eigenvalue weighted by Crippen LogP contribution is -2.20. The highest BCUT2D eigenvalue weighted by Gasteiger charge is 2.38. The molecule has 0 atom stereocenters. The van der Waals surface area contributed by atoms with Gasteiger partial charge < -0.3 is 14.2 Å². The molecule has 0 bridgehead atoms. The molecule has 0 aliphatic carbocycles.